The lowest BCUT2D eigenvalue weighted by Crippen LogP contribution is -2.09. The molecule has 1 aromatic heterocycles. The van der Waals surface area contributed by atoms with Gasteiger partial charge in [0.1, 0.15) is 11.4 Å². The van der Waals surface area contributed by atoms with Crippen LogP contribution in [0.1, 0.15) is 42.7 Å². The molecule has 1 aromatic carbocycles. The Balaban J connectivity index is 2.62. The molecule has 0 aliphatic carbocycles. The summed E-state index contributed by atoms with van der Waals surface area (Å²) in [5.41, 5.74) is 2.17. The third-order valence-electron chi connectivity index (χ3n) is 3.54. The van der Waals surface area contributed by atoms with Gasteiger partial charge in [0.25, 0.3) is 0 Å². The number of hydrogen-bond donors (Lipinski definition) is 1. The van der Waals surface area contributed by atoms with Crippen molar-refractivity contribution in [3.8, 4) is 5.75 Å². The number of nitrogens with zero attached hydrogens (tertiary/aromatic N) is 1. The molecular weight excluding hydrogens is 254 g/mol. The molecule has 0 saturated carbocycles. The van der Waals surface area contributed by atoms with Crippen LogP contribution in [-0.2, 0) is 6.54 Å². The molecule has 0 aliphatic rings. The van der Waals surface area contributed by atoms with Gasteiger partial charge in [0, 0.05) is 17.4 Å². The first-order valence-corrected chi connectivity index (χ1v) is 7.09. The summed E-state index contributed by atoms with van der Waals surface area (Å²) < 4.78 is 7.41. The number of fused-ring (bicyclic) bond motifs is 1. The minimum Gasteiger partial charge on any atom is -0.494 e. The molecule has 20 heavy (non-hydrogen) atoms. The minimum absolute atomic E-state index is 0.391. The maximum Gasteiger partial charge on any atom is 0.352 e. The van der Waals surface area contributed by atoms with Gasteiger partial charge in [-0.25, -0.2) is 4.79 Å². The summed E-state index contributed by atoms with van der Waals surface area (Å²) in [6, 6.07) is 5.79. The molecule has 0 unspecified atom stereocenters. The predicted molar refractivity (Wildman–Crippen MR) is 79.7 cm³/mol. The third-order valence-corrected chi connectivity index (χ3v) is 3.54. The summed E-state index contributed by atoms with van der Waals surface area (Å²) in [6.07, 6.45) is 2.01. The van der Waals surface area contributed by atoms with Crippen LogP contribution in [0, 0.1) is 6.92 Å². The smallest absolute Gasteiger partial charge is 0.352 e. The van der Waals surface area contributed by atoms with Crippen LogP contribution >= 0.6 is 0 Å². The second kappa shape index (κ2) is 5.99. The normalized spacial score (nSPS) is 10.9. The summed E-state index contributed by atoms with van der Waals surface area (Å²) in [6.45, 7) is 7.24. The Labute approximate surface area is 119 Å². The van der Waals surface area contributed by atoms with Crippen molar-refractivity contribution in [3.63, 3.8) is 0 Å². The van der Waals surface area contributed by atoms with E-state index in [0.717, 1.165) is 41.6 Å². The van der Waals surface area contributed by atoms with Crippen molar-refractivity contribution in [1.29, 1.82) is 0 Å². The zero-order valence-corrected chi connectivity index (χ0v) is 12.3. The number of unbranched alkanes of at least 4 members (excludes halogenated alkanes) is 1. The standard InChI is InChI=1S/C16H21NO3/c1-4-6-9-17-14-8-7-12(20-5-2)10-13(14)11(3)15(17)16(18)19/h7-8,10H,4-6,9H2,1-3H3,(H,18,19). The zero-order valence-electron chi connectivity index (χ0n) is 12.3. The second-order valence-electron chi connectivity index (χ2n) is 4.90. The van der Waals surface area contributed by atoms with Crippen molar-refractivity contribution in [2.24, 2.45) is 0 Å². The summed E-state index contributed by atoms with van der Waals surface area (Å²) in [4.78, 5) is 11.5. The second-order valence-corrected chi connectivity index (χ2v) is 4.90. The average Bonchev–Trinajstić information content (AvgIpc) is 2.69. The van der Waals surface area contributed by atoms with Crippen LogP contribution in [0.25, 0.3) is 10.9 Å². The topological polar surface area (TPSA) is 51.5 Å². The first-order valence-electron chi connectivity index (χ1n) is 7.09. The van der Waals surface area contributed by atoms with Gasteiger partial charge in [0.2, 0.25) is 0 Å². The van der Waals surface area contributed by atoms with Crippen LogP contribution in [0.2, 0.25) is 0 Å². The first kappa shape index (κ1) is 14.4. The molecule has 0 saturated heterocycles. The molecule has 0 bridgehead atoms. The van der Waals surface area contributed by atoms with Crippen LogP contribution in [0.15, 0.2) is 18.2 Å². The lowest BCUT2D eigenvalue weighted by molar-refractivity contribution is 0.0684. The number of rotatable bonds is 6. The molecule has 0 atom stereocenters. The molecule has 1 N–H and O–H groups in total. The van der Waals surface area contributed by atoms with Gasteiger partial charge in [-0.2, -0.15) is 0 Å². The monoisotopic (exact) mass is 275 g/mol. The number of benzene rings is 1. The van der Waals surface area contributed by atoms with Crippen LogP contribution in [-0.4, -0.2) is 22.2 Å². The van der Waals surface area contributed by atoms with Crippen LogP contribution in [0.4, 0.5) is 0 Å². The van der Waals surface area contributed by atoms with Gasteiger partial charge in [-0.05, 0) is 44.0 Å². The number of aromatic nitrogens is 1. The molecular formula is C16H21NO3. The van der Waals surface area contributed by atoms with Gasteiger partial charge in [-0.3, -0.25) is 0 Å². The Morgan fingerprint density at radius 2 is 2.10 bits per heavy atom. The summed E-state index contributed by atoms with van der Waals surface area (Å²) in [7, 11) is 0. The van der Waals surface area contributed by atoms with Crippen LogP contribution in [0.5, 0.6) is 5.75 Å². The van der Waals surface area contributed by atoms with Gasteiger partial charge in [0.15, 0.2) is 0 Å². The fourth-order valence-electron chi connectivity index (χ4n) is 2.58. The highest BCUT2D eigenvalue weighted by molar-refractivity contribution is 5.98. The van der Waals surface area contributed by atoms with E-state index in [1.165, 1.54) is 0 Å². The number of carbonyl (C=O) groups is 1. The van der Waals surface area contributed by atoms with Crippen molar-refractivity contribution in [2.45, 2.75) is 40.2 Å². The number of aromatic carboxylic acids is 1. The Morgan fingerprint density at radius 3 is 2.70 bits per heavy atom. The molecule has 4 nitrogen and oxygen atoms in total. The molecule has 0 amide bonds. The largest absolute Gasteiger partial charge is 0.494 e. The lowest BCUT2D eigenvalue weighted by atomic mass is 10.1. The zero-order chi connectivity index (χ0) is 14.7. The third kappa shape index (κ3) is 2.50. The summed E-state index contributed by atoms with van der Waals surface area (Å²) in [5.74, 6) is -0.0829. The van der Waals surface area contributed by atoms with Crippen molar-refractivity contribution in [3.05, 3.63) is 29.5 Å². The Kier molecular flexibility index (Phi) is 4.32. The van der Waals surface area contributed by atoms with Gasteiger partial charge >= 0.3 is 5.97 Å². The molecule has 0 spiro atoms. The maximum absolute atomic E-state index is 11.5. The van der Waals surface area contributed by atoms with E-state index in [0.29, 0.717) is 12.3 Å². The van der Waals surface area contributed by atoms with Crippen molar-refractivity contribution in [2.75, 3.05) is 6.61 Å². The molecule has 0 radical (unpaired) electrons. The lowest BCUT2D eigenvalue weighted by Gasteiger charge is -2.08. The Bertz CT molecular complexity index is 628. The summed E-state index contributed by atoms with van der Waals surface area (Å²) in [5, 5.41) is 10.4. The molecule has 4 heteroatoms. The van der Waals surface area contributed by atoms with Gasteiger partial charge in [-0.1, -0.05) is 13.3 Å². The Morgan fingerprint density at radius 1 is 1.35 bits per heavy atom. The highest BCUT2D eigenvalue weighted by atomic mass is 16.5. The highest BCUT2D eigenvalue weighted by Crippen LogP contribution is 2.29. The highest BCUT2D eigenvalue weighted by Gasteiger charge is 2.19. The van der Waals surface area contributed by atoms with Crippen molar-refractivity contribution < 1.29 is 14.6 Å². The Hall–Kier alpha value is -1.97. The predicted octanol–water partition coefficient (Wildman–Crippen LogP) is 3.85. The molecule has 0 fully saturated rings. The van der Waals surface area contributed by atoms with E-state index in [1.807, 2.05) is 36.6 Å². The molecule has 108 valence electrons. The van der Waals surface area contributed by atoms with E-state index in [4.69, 9.17) is 4.74 Å². The van der Waals surface area contributed by atoms with E-state index in [9.17, 15) is 9.90 Å². The van der Waals surface area contributed by atoms with E-state index >= 15 is 0 Å². The molecule has 2 aromatic rings. The van der Waals surface area contributed by atoms with E-state index in [1.54, 1.807) is 0 Å². The minimum atomic E-state index is -0.868. The van der Waals surface area contributed by atoms with Gasteiger partial charge in [0.05, 0.1) is 6.61 Å². The fraction of sp³-hybridized carbons (Fsp3) is 0.438. The number of hydrogen-bond acceptors (Lipinski definition) is 2. The van der Waals surface area contributed by atoms with Crippen molar-refractivity contribution in [1.82, 2.24) is 4.57 Å². The van der Waals surface area contributed by atoms with E-state index in [2.05, 4.69) is 6.92 Å². The SMILES string of the molecule is CCCCn1c(C(=O)O)c(C)c2cc(OCC)ccc21. The number of carboxylic acids is 1. The first-order chi connectivity index (χ1) is 9.60. The average molecular weight is 275 g/mol. The van der Waals surface area contributed by atoms with Gasteiger partial charge in [-0.15, -0.1) is 0 Å². The van der Waals surface area contributed by atoms with E-state index in [-0.39, 0.29) is 0 Å². The molecule has 2 rings (SSSR count). The molecule has 0 aliphatic heterocycles. The van der Waals surface area contributed by atoms with E-state index < -0.39 is 5.97 Å². The van der Waals surface area contributed by atoms with Gasteiger partial charge < -0.3 is 14.4 Å². The molecule has 1 heterocycles. The fourth-order valence-corrected chi connectivity index (χ4v) is 2.58. The van der Waals surface area contributed by atoms with Crippen LogP contribution in [0.3, 0.4) is 0 Å². The number of carboxylic acid groups (broad SMARTS) is 1. The number of aryl methyl sites for hydroxylation is 2. The maximum atomic E-state index is 11.5. The van der Waals surface area contributed by atoms with Crippen molar-refractivity contribution >= 4 is 16.9 Å². The van der Waals surface area contributed by atoms with Crippen LogP contribution < -0.4 is 4.74 Å². The quantitative estimate of drug-likeness (QED) is 0.871. The number of ether oxygens (including phenoxy) is 1. The summed E-state index contributed by atoms with van der Waals surface area (Å²) >= 11 is 0.